The van der Waals surface area contributed by atoms with Gasteiger partial charge in [-0.05, 0) is 59.9 Å². The molecule has 3 aromatic rings. The first-order valence-electron chi connectivity index (χ1n) is 8.85. The van der Waals surface area contributed by atoms with Crippen molar-refractivity contribution in [3.63, 3.8) is 0 Å². The third kappa shape index (κ3) is 3.48. The monoisotopic (exact) mass is 364 g/mol. The summed E-state index contributed by atoms with van der Waals surface area (Å²) in [4.78, 5) is 27.6. The molecule has 5 heteroatoms. The number of aromatic nitrogens is 1. The molecular formula is C21H20N2O2S. The smallest absolute Gasteiger partial charge is 0.253 e. The molecule has 26 heavy (non-hydrogen) atoms. The van der Waals surface area contributed by atoms with Gasteiger partial charge in [-0.3, -0.25) is 9.59 Å². The number of hydrogen-bond donors (Lipinski definition) is 2. The first kappa shape index (κ1) is 16.8. The van der Waals surface area contributed by atoms with Gasteiger partial charge in [0.25, 0.3) is 5.91 Å². The largest absolute Gasteiger partial charge is 0.340 e. The first-order valence-corrected chi connectivity index (χ1v) is 9.73. The molecule has 0 spiro atoms. The summed E-state index contributed by atoms with van der Waals surface area (Å²) in [6.45, 7) is 0. The molecule has 1 amide bonds. The lowest BCUT2D eigenvalue weighted by Gasteiger charge is -2.22. The van der Waals surface area contributed by atoms with E-state index >= 15 is 0 Å². The van der Waals surface area contributed by atoms with Gasteiger partial charge in [0.15, 0.2) is 0 Å². The molecule has 4 rings (SSSR count). The van der Waals surface area contributed by atoms with Crippen LogP contribution in [0.3, 0.4) is 0 Å². The zero-order valence-electron chi connectivity index (χ0n) is 14.3. The number of aryl methyl sites for hydroxylation is 2. The molecule has 1 aliphatic rings. The minimum Gasteiger partial charge on any atom is -0.340 e. The fourth-order valence-corrected chi connectivity index (χ4v) is 4.28. The summed E-state index contributed by atoms with van der Waals surface area (Å²) < 4.78 is 0. The Kier molecular flexibility index (Phi) is 4.71. The summed E-state index contributed by atoms with van der Waals surface area (Å²) in [5, 5.41) is 5.15. The molecule has 0 aliphatic heterocycles. The second kappa shape index (κ2) is 7.30. The van der Waals surface area contributed by atoms with Crippen molar-refractivity contribution in [1.82, 2.24) is 10.3 Å². The Morgan fingerprint density at radius 1 is 1.08 bits per heavy atom. The van der Waals surface area contributed by atoms with Gasteiger partial charge >= 0.3 is 0 Å². The molecule has 0 radical (unpaired) electrons. The van der Waals surface area contributed by atoms with Crippen LogP contribution in [0.5, 0.6) is 0 Å². The predicted molar refractivity (Wildman–Crippen MR) is 104 cm³/mol. The van der Waals surface area contributed by atoms with E-state index in [0.717, 1.165) is 23.3 Å². The average Bonchev–Trinajstić information content (AvgIpc) is 3.20. The number of carbonyl (C=O) groups excluding carboxylic acids is 1. The maximum absolute atomic E-state index is 12.7. The standard InChI is InChI=1S/C21H20N2O2S/c24-19-10-9-17(13-22-19)21(25)23-20(18-6-3-11-26-18)16-8-7-14-4-1-2-5-15(14)12-16/h3,6-13,20H,1-2,4-5H2,(H,22,24)(H,23,25)/t20-/m0/s1. The summed E-state index contributed by atoms with van der Waals surface area (Å²) >= 11 is 1.63. The summed E-state index contributed by atoms with van der Waals surface area (Å²) in [5.41, 5.74) is 4.16. The number of pyridine rings is 1. The van der Waals surface area contributed by atoms with E-state index in [1.54, 1.807) is 17.4 Å². The molecule has 0 saturated carbocycles. The van der Waals surface area contributed by atoms with E-state index in [9.17, 15) is 9.59 Å². The van der Waals surface area contributed by atoms with Crippen molar-refractivity contribution in [1.29, 1.82) is 0 Å². The molecule has 1 aromatic carbocycles. The van der Waals surface area contributed by atoms with E-state index in [1.165, 1.54) is 36.2 Å². The number of thiophene rings is 1. The third-order valence-electron chi connectivity index (χ3n) is 4.86. The van der Waals surface area contributed by atoms with Crippen molar-refractivity contribution < 1.29 is 4.79 Å². The lowest BCUT2D eigenvalue weighted by Crippen LogP contribution is -2.29. The lowest BCUT2D eigenvalue weighted by molar-refractivity contribution is 0.0943. The number of rotatable bonds is 4. The molecule has 0 fully saturated rings. The van der Waals surface area contributed by atoms with Crippen LogP contribution in [0.1, 0.15) is 50.8 Å². The Bertz CT molecular complexity index is 955. The first-order chi connectivity index (χ1) is 12.7. The van der Waals surface area contributed by atoms with Gasteiger partial charge in [-0.25, -0.2) is 0 Å². The predicted octanol–water partition coefficient (Wildman–Crippen LogP) is 3.83. The van der Waals surface area contributed by atoms with Crippen molar-refractivity contribution in [3.05, 3.63) is 91.5 Å². The second-order valence-corrected chi connectivity index (χ2v) is 7.58. The molecule has 2 aromatic heterocycles. The van der Waals surface area contributed by atoms with Crippen LogP contribution in [0.25, 0.3) is 0 Å². The van der Waals surface area contributed by atoms with Crippen LogP contribution in [0, 0.1) is 0 Å². The van der Waals surface area contributed by atoms with Crippen LogP contribution >= 0.6 is 11.3 Å². The van der Waals surface area contributed by atoms with Crippen LogP contribution in [-0.2, 0) is 12.8 Å². The van der Waals surface area contributed by atoms with Crippen molar-refractivity contribution in [2.24, 2.45) is 0 Å². The minimum atomic E-state index is -0.217. The topological polar surface area (TPSA) is 62.0 Å². The van der Waals surface area contributed by atoms with Crippen LogP contribution in [0.15, 0.2) is 58.8 Å². The van der Waals surface area contributed by atoms with E-state index in [1.807, 2.05) is 17.5 Å². The number of carbonyl (C=O) groups is 1. The van der Waals surface area contributed by atoms with Crippen LogP contribution in [-0.4, -0.2) is 10.9 Å². The maximum Gasteiger partial charge on any atom is 0.253 e. The van der Waals surface area contributed by atoms with Gasteiger partial charge in [0, 0.05) is 17.1 Å². The number of H-pyrrole nitrogens is 1. The Balaban J connectivity index is 1.66. The van der Waals surface area contributed by atoms with Gasteiger partial charge < -0.3 is 10.3 Å². The highest BCUT2D eigenvalue weighted by atomic mass is 32.1. The molecule has 132 valence electrons. The van der Waals surface area contributed by atoms with E-state index < -0.39 is 0 Å². The van der Waals surface area contributed by atoms with E-state index in [2.05, 4.69) is 28.5 Å². The molecular weight excluding hydrogens is 344 g/mol. The van der Waals surface area contributed by atoms with E-state index in [-0.39, 0.29) is 17.5 Å². The molecule has 0 saturated heterocycles. The number of aromatic amines is 1. The van der Waals surface area contributed by atoms with Gasteiger partial charge in [-0.2, -0.15) is 0 Å². The zero-order valence-corrected chi connectivity index (χ0v) is 15.1. The molecule has 1 atom stereocenters. The Morgan fingerprint density at radius 3 is 2.65 bits per heavy atom. The Morgan fingerprint density at radius 2 is 1.92 bits per heavy atom. The number of benzene rings is 1. The van der Waals surface area contributed by atoms with Crippen LogP contribution in [0.4, 0.5) is 0 Å². The highest BCUT2D eigenvalue weighted by Crippen LogP contribution is 2.30. The minimum absolute atomic E-state index is 0.193. The van der Waals surface area contributed by atoms with Crippen molar-refractivity contribution in [2.75, 3.05) is 0 Å². The highest BCUT2D eigenvalue weighted by molar-refractivity contribution is 7.10. The number of fused-ring (bicyclic) bond motifs is 1. The highest BCUT2D eigenvalue weighted by Gasteiger charge is 2.20. The number of amides is 1. The SMILES string of the molecule is O=C(N[C@@H](c1ccc2c(c1)CCCC2)c1cccs1)c1ccc(=O)[nH]c1. The maximum atomic E-state index is 12.7. The molecule has 0 unspecified atom stereocenters. The average molecular weight is 364 g/mol. The summed E-state index contributed by atoms with van der Waals surface area (Å²) in [7, 11) is 0. The third-order valence-corrected chi connectivity index (χ3v) is 5.79. The quantitative estimate of drug-likeness (QED) is 0.739. The van der Waals surface area contributed by atoms with Gasteiger partial charge in [0.05, 0.1) is 11.6 Å². The lowest BCUT2D eigenvalue weighted by atomic mass is 9.89. The summed E-state index contributed by atoms with van der Waals surface area (Å²) in [5.74, 6) is -0.197. The van der Waals surface area contributed by atoms with Crippen molar-refractivity contribution in [2.45, 2.75) is 31.7 Å². The summed E-state index contributed by atoms with van der Waals surface area (Å²) in [6.07, 6.45) is 6.18. The molecule has 1 aliphatic carbocycles. The van der Waals surface area contributed by atoms with Crippen LogP contribution in [0.2, 0.25) is 0 Å². The zero-order chi connectivity index (χ0) is 17.9. The molecule has 4 nitrogen and oxygen atoms in total. The Hall–Kier alpha value is -2.66. The van der Waals surface area contributed by atoms with E-state index in [4.69, 9.17) is 0 Å². The second-order valence-electron chi connectivity index (χ2n) is 6.60. The van der Waals surface area contributed by atoms with Gasteiger partial charge in [0.1, 0.15) is 0 Å². The molecule has 2 N–H and O–H groups in total. The number of hydrogen-bond acceptors (Lipinski definition) is 3. The van der Waals surface area contributed by atoms with Gasteiger partial charge in [-0.1, -0.05) is 24.3 Å². The van der Waals surface area contributed by atoms with Gasteiger partial charge in [0.2, 0.25) is 5.56 Å². The summed E-state index contributed by atoms with van der Waals surface area (Å²) in [6, 6.07) is 13.3. The van der Waals surface area contributed by atoms with Gasteiger partial charge in [-0.15, -0.1) is 11.3 Å². The fourth-order valence-electron chi connectivity index (χ4n) is 3.47. The van der Waals surface area contributed by atoms with E-state index in [0.29, 0.717) is 5.56 Å². The molecule has 0 bridgehead atoms. The Labute approximate surface area is 155 Å². The fraction of sp³-hybridized carbons (Fsp3) is 0.238. The van der Waals surface area contributed by atoms with Crippen molar-refractivity contribution >= 4 is 17.2 Å². The normalized spacial score (nSPS) is 14.5. The number of nitrogens with one attached hydrogen (secondary N) is 2. The molecule has 2 heterocycles. The van der Waals surface area contributed by atoms with Crippen molar-refractivity contribution in [3.8, 4) is 0 Å². The van der Waals surface area contributed by atoms with Crippen LogP contribution < -0.4 is 10.9 Å².